The minimum absolute atomic E-state index is 0.000830. The molecule has 4 atom stereocenters. The van der Waals surface area contributed by atoms with Gasteiger partial charge in [-0.1, -0.05) is 12.1 Å². The normalized spacial score (nSPS) is 19.5. The number of likely N-dealkylation sites (N-methyl/N-ethyl adjacent to an activating group) is 1. The minimum atomic E-state index is -1.32. The van der Waals surface area contributed by atoms with Crippen molar-refractivity contribution in [2.75, 3.05) is 40.3 Å². The van der Waals surface area contributed by atoms with E-state index in [1.165, 1.54) is 12.1 Å². The van der Waals surface area contributed by atoms with E-state index < -0.39 is 54.4 Å². The largest absolute Gasteiger partial charge is 0.508 e. The summed E-state index contributed by atoms with van der Waals surface area (Å²) in [4.78, 5) is 53.1. The summed E-state index contributed by atoms with van der Waals surface area (Å²) in [5.74, 6) is -2.69. The van der Waals surface area contributed by atoms with Crippen LogP contribution < -0.4 is 37.6 Å². The van der Waals surface area contributed by atoms with Crippen LogP contribution in [0.3, 0.4) is 0 Å². The second-order valence-corrected chi connectivity index (χ2v) is 10.6. The number of aliphatic hydroxyl groups is 1. The molecular formula is C30H43N7O7. The Morgan fingerprint density at radius 3 is 2.16 bits per heavy atom. The Balaban J connectivity index is 2.07. The van der Waals surface area contributed by atoms with Crippen molar-refractivity contribution in [1.82, 2.24) is 31.9 Å². The number of rotatable bonds is 11. The van der Waals surface area contributed by atoms with Gasteiger partial charge in [0.2, 0.25) is 23.6 Å². The summed E-state index contributed by atoms with van der Waals surface area (Å²) in [6, 6.07) is 5.30. The number of carbonyl (C=O) groups is 4. The first kappa shape index (κ1) is 34.3. The van der Waals surface area contributed by atoms with Gasteiger partial charge in [-0.05, 0) is 80.0 Å². The van der Waals surface area contributed by atoms with Crippen molar-refractivity contribution >= 4 is 23.6 Å². The zero-order valence-electron chi connectivity index (χ0n) is 25.0. The molecule has 2 aromatic rings. The van der Waals surface area contributed by atoms with Gasteiger partial charge < -0.3 is 53.0 Å². The third-order valence-electron chi connectivity index (χ3n) is 7.45. The monoisotopic (exact) mass is 613 g/mol. The molecule has 0 aliphatic carbocycles. The van der Waals surface area contributed by atoms with Gasteiger partial charge in [0.25, 0.3) is 0 Å². The van der Waals surface area contributed by atoms with Gasteiger partial charge >= 0.3 is 0 Å². The topological polar surface area (TPSA) is 227 Å². The van der Waals surface area contributed by atoms with Crippen molar-refractivity contribution < 1.29 is 34.5 Å². The smallest absolute Gasteiger partial charge is 0.245 e. The van der Waals surface area contributed by atoms with E-state index in [9.17, 15) is 34.5 Å². The number of aromatic hydroxyl groups is 2. The third kappa shape index (κ3) is 9.13. The fourth-order valence-electron chi connectivity index (χ4n) is 4.91. The molecule has 1 heterocycles. The minimum Gasteiger partial charge on any atom is -0.508 e. The summed E-state index contributed by atoms with van der Waals surface area (Å²) < 4.78 is 0. The lowest BCUT2D eigenvalue weighted by atomic mass is 9.95. The maximum Gasteiger partial charge on any atom is 0.245 e. The highest BCUT2D eigenvalue weighted by atomic mass is 16.3. The molecule has 14 heteroatoms. The van der Waals surface area contributed by atoms with Crippen molar-refractivity contribution in [3.63, 3.8) is 0 Å². The molecule has 1 unspecified atom stereocenters. The van der Waals surface area contributed by atoms with E-state index in [4.69, 9.17) is 5.73 Å². The maximum atomic E-state index is 13.7. The zero-order chi connectivity index (χ0) is 32.2. The van der Waals surface area contributed by atoms with E-state index in [0.717, 1.165) is 0 Å². The molecule has 0 fully saturated rings. The van der Waals surface area contributed by atoms with Crippen LogP contribution in [0.15, 0.2) is 36.4 Å². The van der Waals surface area contributed by atoms with Crippen molar-refractivity contribution in [2.24, 2.45) is 5.73 Å². The lowest BCUT2D eigenvalue weighted by Gasteiger charge is -2.26. The number of aliphatic hydroxyl groups excluding tert-OH is 1. The predicted octanol–water partition coefficient (Wildman–Crippen LogP) is -2.03. The fourth-order valence-corrected chi connectivity index (χ4v) is 4.91. The molecular weight excluding hydrogens is 570 g/mol. The molecule has 240 valence electrons. The Morgan fingerprint density at radius 1 is 0.955 bits per heavy atom. The number of carbonyl (C=O) groups excluding carboxylic acids is 4. The molecule has 0 spiro atoms. The number of phenols is 2. The Kier molecular flexibility index (Phi) is 12.9. The SMILES string of the molecule is CNCCC[C@@H]1NC(=O)[C@@H](NC)Cc2cc(ccc2O)-c2ccc(O)c(c2)C[C@@H](C(=O)NC(CO)C(=O)NCCN)NC1=O. The van der Waals surface area contributed by atoms with Crippen LogP contribution >= 0.6 is 0 Å². The molecule has 3 rings (SSSR count). The van der Waals surface area contributed by atoms with Gasteiger partial charge in [-0.3, -0.25) is 19.2 Å². The first-order chi connectivity index (χ1) is 21.1. The molecule has 11 N–H and O–H groups in total. The summed E-state index contributed by atoms with van der Waals surface area (Å²) in [5, 5.41) is 47.5. The molecule has 0 radical (unpaired) electrons. The van der Waals surface area contributed by atoms with Crippen molar-refractivity contribution in [3.05, 3.63) is 47.5 Å². The molecule has 44 heavy (non-hydrogen) atoms. The van der Waals surface area contributed by atoms with E-state index in [1.54, 1.807) is 38.4 Å². The Labute approximate surface area is 256 Å². The first-order valence-electron chi connectivity index (χ1n) is 14.6. The summed E-state index contributed by atoms with van der Waals surface area (Å²) >= 11 is 0. The molecule has 4 amide bonds. The lowest BCUT2D eigenvalue weighted by Crippen LogP contribution is -2.59. The van der Waals surface area contributed by atoms with Crippen LogP contribution in [0.25, 0.3) is 11.1 Å². The average Bonchev–Trinajstić information content (AvgIpc) is 3.01. The van der Waals surface area contributed by atoms with E-state index in [-0.39, 0.29) is 43.9 Å². The summed E-state index contributed by atoms with van der Waals surface area (Å²) in [6.07, 6.45) is 0.708. The molecule has 0 saturated carbocycles. The fraction of sp³-hybridized carbons (Fsp3) is 0.467. The van der Waals surface area contributed by atoms with E-state index in [1.807, 2.05) is 0 Å². The molecule has 1 aliphatic heterocycles. The van der Waals surface area contributed by atoms with Gasteiger partial charge in [0.05, 0.1) is 12.6 Å². The molecule has 2 aromatic carbocycles. The van der Waals surface area contributed by atoms with Gasteiger partial charge in [0.15, 0.2) is 0 Å². The lowest BCUT2D eigenvalue weighted by molar-refractivity contribution is -0.134. The Hall–Kier alpha value is -4.24. The maximum absolute atomic E-state index is 13.7. The van der Waals surface area contributed by atoms with Crippen LogP contribution in [0, 0.1) is 0 Å². The predicted molar refractivity (Wildman–Crippen MR) is 164 cm³/mol. The number of hydrogen-bond donors (Lipinski definition) is 10. The molecule has 14 nitrogen and oxygen atoms in total. The van der Waals surface area contributed by atoms with Crippen LogP contribution in [-0.4, -0.2) is 103 Å². The zero-order valence-corrected chi connectivity index (χ0v) is 25.0. The summed E-state index contributed by atoms with van der Waals surface area (Å²) in [7, 11) is 3.36. The number of nitrogens with two attached hydrogens (primary N) is 1. The van der Waals surface area contributed by atoms with Crippen molar-refractivity contribution in [3.8, 4) is 22.6 Å². The van der Waals surface area contributed by atoms with Crippen LogP contribution in [0.4, 0.5) is 0 Å². The highest BCUT2D eigenvalue weighted by molar-refractivity contribution is 5.95. The van der Waals surface area contributed by atoms with Gasteiger partial charge in [-0.2, -0.15) is 0 Å². The summed E-state index contributed by atoms with van der Waals surface area (Å²) in [5.41, 5.74) is 7.60. The van der Waals surface area contributed by atoms with E-state index in [2.05, 4.69) is 31.9 Å². The number of nitrogens with one attached hydrogen (secondary N) is 6. The first-order valence-corrected chi connectivity index (χ1v) is 14.6. The third-order valence-corrected chi connectivity index (χ3v) is 7.45. The molecule has 0 saturated heterocycles. The number of phenolic OH excluding ortho intramolecular Hbond substituents is 2. The molecule has 0 aromatic heterocycles. The van der Waals surface area contributed by atoms with Gasteiger partial charge in [-0.25, -0.2) is 0 Å². The Morgan fingerprint density at radius 2 is 1.59 bits per heavy atom. The molecule has 1 aliphatic rings. The standard InChI is InChI=1S/C30H43N7O7/c1-32-10-3-4-21-28(42)36-23(30(44)37-24(16-38)27(41)34-11-9-31)15-20-13-18(6-8-26(20)40)17-5-7-25(39)19(12-17)14-22(33-2)29(43)35-21/h5-8,12-13,21-24,32-33,38-40H,3-4,9-11,14-16,31H2,1-2H3,(H,34,41)(H,35,43)(H,36,42)(H,37,44)/t21-,22-,23-,24?/m0/s1. The van der Waals surface area contributed by atoms with Crippen molar-refractivity contribution in [1.29, 1.82) is 0 Å². The second kappa shape index (κ2) is 16.6. The van der Waals surface area contributed by atoms with Crippen molar-refractivity contribution in [2.45, 2.75) is 49.9 Å². The number of amides is 4. The van der Waals surface area contributed by atoms with Crippen LogP contribution in [-0.2, 0) is 32.0 Å². The van der Waals surface area contributed by atoms with E-state index >= 15 is 0 Å². The molecule has 4 bridgehead atoms. The average molecular weight is 614 g/mol. The van der Waals surface area contributed by atoms with E-state index in [0.29, 0.717) is 35.2 Å². The highest BCUT2D eigenvalue weighted by Crippen LogP contribution is 2.31. The number of fused-ring (bicyclic) bond motifs is 5. The number of hydrogen-bond acceptors (Lipinski definition) is 10. The van der Waals surface area contributed by atoms with Crippen LogP contribution in [0.1, 0.15) is 24.0 Å². The van der Waals surface area contributed by atoms with Gasteiger partial charge in [-0.15, -0.1) is 0 Å². The quantitative estimate of drug-likeness (QED) is 0.125. The van der Waals surface area contributed by atoms with Gasteiger partial charge in [0, 0.05) is 25.9 Å². The summed E-state index contributed by atoms with van der Waals surface area (Å²) in [6.45, 7) is 0.146. The number of benzene rings is 2. The second-order valence-electron chi connectivity index (χ2n) is 10.6. The van der Waals surface area contributed by atoms with Gasteiger partial charge in [0.1, 0.15) is 29.6 Å². The van der Waals surface area contributed by atoms with Crippen LogP contribution in [0.5, 0.6) is 11.5 Å². The Bertz CT molecular complexity index is 1320. The van der Waals surface area contributed by atoms with Crippen LogP contribution in [0.2, 0.25) is 0 Å². The highest BCUT2D eigenvalue weighted by Gasteiger charge is 2.31.